The predicted molar refractivity (Wildman–Crippen MR) is 168 cm³/mol. The van der Waals surface area contributed by atoms with Crippen LogP contribution in [0.25, 0.3) is 11.1 Å². The van der Waals surface area contributed by atoms with Crippen LogP contribution < -0.4 is 16.4 Å². The lowest BCUT2D eigenvalue weighted by molar-refractivity contribution is 0.167. The van der Waals surface area contributed by atoms with Gasteiger partial charge in [-0.15, -0.1) is 23.1 Å². The molecule has 2 aromatic carbocycles. The minimum atomic E-state index is -3.99. The van der Waals surface area contributed by atoms with Gasteiger partial charge in [-0.05, 0) is 60.7 Å². The molecule has 0 saturated carbocycles. The van der Waals surface area contributed by atoms with Gasteiger partial charge < -0.3 is 15.2 Å². The van der Waals surface area contributed by atoms with Crippen molar-refractivity contribution >= 4 is 70.4 Å². The maximum absolute atomic E-state index is 13.7. The summed E-state index contributed by atoms with van der Waals surface area (Å²) in [4.78, 5) is 24.1. The average molecular weight is 635 g/mol. The fraction of sp³-hybridized carbons (Fsp3) is 0.296. The normalized spacial score (nSPS) is 11.6. The summed E-state index contributed by atoms with van der Waals surface area (Å²) >= 11 is 2.32. The number of thiophene rings is 1. The van der Waals surface area contributed by atoms with Crippen LogP contribution in [-0.4, -0.2) is 54.5 Å². The molecular formula is C27H34N4O6S3Si. The van der Waals surface area contributed by atoms with Crippen LogP contribution >= 0.6 is 23.1 Å². The maximum Gasteiger partial charge on any atom is 0.412 e. The molecular weight excluding hydrogens is 601 g/mol. The van der Waals surface area contributed by atoms with Gasteiger partial charge in [0.1, 0.15) is 5.84 Å². The monoisotopic (exact) mass is 634 g/mol. The Hall–Kier alpha value is -3.33. The van der Waals surface area contributed by atoms with E-state index in [1.54, 1.807) is 36.6 Å². The molecule has 0 radical (unpaired) electrons. The van der Waals surface area contributed by atoms with Crippen LogP contribution in [0.5, 0.6) is 0 Å². The van der Waals surface area contributed by atoms with Gasteiger partial charge in [0.15, 0.2) is 0 Å². The molecule has 0 aliphatic heterocycles. The van der Waals surface area contributed by atoms with Crippen molar-refractivity contribution in [1.29, 1.82) is 5.41 Å². The number of ether oxygens (including phenoxy) is 2. The summed E-state index contributed by atoms with van der Waals surface area (Å²) in [6, 6.07) is 12.0. The van der Waals surface area contributed by atoms with Crippen molar-refractivity contribution in [1.82, 2.24) is 5.32 Å². The number of alkyl carbamates (subject to hydrolysis) is 1. The summed E-state index contributed by atoms with van der Waals surface area (Å²) in [6.45, 7) is 8.78. The summed E-state index contributed by atoms with van der Waals surface area (Å²) < 4.78 is 37.8. The summed E-state index contributed by atoms with van der Waals surface area (Å²) in [5.41, 5.74) is 9.19. The first-order chi connectivity index (χ1) is 19.2. The molecule has 0 saturated heterocycles. The van der Waals surface area contributed by atoms with Crippen LogP contribution in [0.3, 0.4) is 0 Å². The lowest BCUT2D eigenvalue weighted by atomic mass is 9.98. The van der Waals surface area contributed by atoms with Crippen molar-refractivity contribution in [2.75, 3.05) is 31.0 Å². The number of methoxy groups -OCH3 is 1. The van der Waals surface area contributed by atoms with E-state index in [0.29, 0.717) is 33.3 Å². The molecule has 1 aromatic heterocycles. The summed E-state index contributed by atoms with van der Waals surface area (Å²) in [5.74, 6) is -0.260. The largest absolute Gasteiger partial charge is 0.453 e. The topological polar surface area (TPSA) is 161 Å². The predicted octanol–water partition coefficient (Wildman–Crippen LogP) is 6.43. The highest BCUT2D eigenvalue weighted by Gasteiger charge is 2.26. The fourth-order valence-electron chi connectivity index (χ4n) is 3.86. The molecule has 10 nitrogen and oxygen atoms in total. The Balaban J connectivity index is 1.89. The molecule has 2 amide bonds. The third kappa shape index (κ3) is 8.12. The molecule has 14 heteroatoms. The number of amides is 2. The average Bonchev–Trinajstić information content (AvgIpc) is 3.33. The van der Waals surface area contributed by atoms with E-state index in [9.17, 15) is 18.0 Å². The molecule has 1 heterocycles. The minimum absolute atomic E-state index is 0.0375. The van der Waals surface area contributed by atoms with Crippen LogP contribution in [0.1, 0.15) is 10.4 Å². The molecule has 5 N–H and O–H groups in total. The molecule has 0 aliphatic rings. The van der Waals surface area contributed by atoms with Crippen molar-refractivity contribution < 1.29 is 27.5 Å². The highest BCUT2D eigenvalue weighted by molar-refractivity contribution is 8.01. The van der Waals surface area contributed by atoms with Crippen LogP contribution in [0.15, 0.2) is 56.5 Å². The lowest BCUT2D eigenvalue weighted by Crippen LogP contribution is -2.29. The van der Waals surface area contributed by atoms with Gasteiger partial charge in [-0.25, -0.2) is 18.0 Å². The number of thioether (sulfide) groups is 1. The number of rotatable bonds is 9. The van der Waals surface area contributed by atoms with Gasteiger partial charge in [-0.3, -0.25) is 16.0 Å². The van der Waals surface area contributed by atoms with Gasteiger partial charge in [-0.1, -0.05) is 31.8 Å². The number of benzene rings is 2. The smallest absolute Gasteiger partial charge is 0.412 e. The zero-order valence-corrected chi connectivity index (χ0v) is 27.2. The van der Waals surface area contributed by atoms with Gasteiger partial charge in [0.2, 0.25) is 9.84 Å². The number of carbonyl (C=O) groups excluding carboxylic acids is 2. The molecule has 3 aromatic rings. The number of amidine groups is 1. The Morgan fingerprint density at radius 1 is 1.12 bits per heavy atom. The summed E-state index contributed by atoms with van der Waals surface area (Å²) in [6.07, 6.45) is 0.362. The van der Waals surface area contributed by atoms with Gasteiger partial charge in [0, 0.05) is 25.0 Å². The molecule has 3 rings (SSSR count). The van der Waals surface area contributed by atoms with Crippen LogP contribution in [0.4, 0.5) is 21.0 Å². The second-order valence-corrected chi connectivity index (χ2v) is 20.0. The van der Waals surface area contributed by atoms with E-state index in [1.165, 1.54) is 31.0 Å². The number of sulfone groups is 1. The number of anilines is 2. The Kier molecular flexibility index (Phi) is 10.3. The SMILES string of the molecule is COC(=O)NC(=N)c1cc(S(=O)(=O)c2cccc(-c3c(C)cc(NC(=O)OCC[Si](C)(C)C)cc3N)c2)c(SC)s1. The number of hydrogen-bond donors (Lipinski definition) is 4. The van der Waals surface area contributed by atoms with Crippen molar-refractivity contribution in [2.45, 2.75) is 46.6 Å². The Labute approximate surface area is 249 Å². The lowest BCUT2D eigenvalue weighted by Gasteiger charge is -2.16. The Bertz CT molecular complexity index is 1560. The van der Waals surface area contributed by atoms with Crippen molar-refractivity contribution in [3.8, 4) is 11.1 Å². The second kappa shape index (κ2) is 13.1. The molecule has 0 spiro atoms. The number of hydrogen-bond acceptors (Lipinski definition) is 10. The minimum Gasteiger partial charge on any atom is -0.453 e. The number of carbonyl (C=O) groups is 2. The summed E-state index contributed by atoms with van der Waals surface area (Å²) in [5, 5.41) is 13.1. The molecule has 0 bridgehead atoms. The first kappa shape index (κ1) is 32.2. The number of aryl methyl sites for hydroxylation is 1. The highest BCUT2D eigenvalue weighted by atomic mass is 32.2. The number of nitrogen functional groups attached to an aromatic ring is 1. The number of nitrogens with two attached hydrogens (primary N) is 1. The van der Waals surface area contributed by atoms with E-state index in [0.717, 1.165) is 22.9 Å². The van der Waals surface area contributed by atoms with Crippen molar-refractivity contribution in [3.05, 3.63) is 52.9 Å². The van der Waals surface area contributed by atoms with Gasteiger partial charge >= 0.3 is 12.2 Å². The Morgan fingerprint density at radius 2 is 1.83 bits per heavy atom. The van der Waals surface area contributed by atoms with Crippen LogP contribution in [0, 0.1) is 12.3 Å². The maximum atomic E-state index is 13.7. The fourth-order valence-corrected chi connectivity index (χ4v) is 8.52. The molecule has 220 valence electrons. The van der Waals surface area contributed by atoms with Crippen molar-refractivity contribution in [2.24, 2.45) is 0 Å². The van der Waals surface area contributed by atoms with Gasteiger partial charge in [0.25, 0.3) is 0 Å². The van der Waals surface area contributed by atoms with E-state index in [2.05, 4.69) is 35.0 Å². The molecule has 0 aliphatic carbocycles. The van der Waals surface area contributed by atoms with E-state index in [4.69, 9.17) is 15.9 Å². The van der Waals surface area contributed by atoms with Gasteiger partial charge in [0.05, 0.1) is 32.6 Å². The Morgan fingerprint density at radius 3 is 2.44 bits per heavy atom. The summed E-state index contributed by atoms with van der Waals surface area (Å²) in [7, 11) is -4.15. The van der Waals surface area contributed by atoms with Crippen LogP contribution in [0.2, 0.25) is 25.7 Å². The molecule has 0 fully saturated rings. The van der Waals surface area contributed by atoms with Crippen LogP contribution in [-0.2, 0) is 19.3 Å². The van der Waals surface area contributed by atoms with E-state index in [1.807, 2.05) is 6.92 Å². The van der Waals surface area contributed by atoms with E-state index >= 15 is 0 Å². The second-order valence-electron chi connectivity index (χ2n) is 10.3. The van der Waals surface area contributed by atoms with E-state index < -0.39 is 30.1 Å². The standard InChI is InChI=1S/C27H34N4O6S3Si/c1-16-12-18(30-27(33)37-10-11-41(4,5)6)14-20(28)23(16)17-8-7-9-19(13-17)40(34,35)22-15-21(39-25(22)38-3)24(29)31-26(32)36-2/h7-9,12-15H,10-11,28H2,1-6H3,(H,30,33)(H2,29,31,32). The molecule has 0 atom stereocenters. The molecule has 41 heavy (non-hydrogen) atoms. The first-order valence-corrected chi connectivity index (χ1v) is 19.7. The zero-order valence-electron chi connectivity index (χ0n) is 23.7. The molecule has 0 unspecified atom stereocenters. The number of nitrogens with one attached hydrogen (secondary N) is 3. The highest BCUT2D eigenvalue weighted by Crippen LogP contribution is 2.39. The third-order valence-electron chi connectivity index (χ3n) is 5.93. The quantitative estimate of drug-likeness (QED) is 0.0689. The van der Waals surface area contributed by atoms with E-state index in [-0.39, 0.29) is 20.5 Å². The van der Waals surface area contributed by atoms with Crippen molar-refractivity contribution in [3.63, 3.8) is 0 Å². The van der Waals surface area contributed by atoms with Gasteiger partial charge in [-0.2, -0.15) is 0 Å². The third-order valence-corrected chi connectivity index (χ3v) is 12.0. The zero-order chi connectivity index (χ0) is 30.5. The first-order valence-electron chi connectivity index (χ1n) is 12.5.